The van der Waals surface area contributed by atoms with Gasteiger partial charge >= 0.3 is 0 Å². The molecule has 2 rings (SSSR count). The van der Waals surface area contributed by atoms with Crippen LogP contribution >= 0.6 is 11.3 Å². The molecule has 4 N–H and O–H groups in total. The minimum absolute atomic E-state index is 0.0405. The molecule has 0 aliphatic carbocycles. The third-order valence-corrected chi connectivity index (χ3v) is 6.61. The maximum absolute atomic E-state index is 13.0. The van der Waals surface area contributed by atoms with Gasteiger partial charge in [0.1, 0.15) is 6.04 Å². The largest absolute Gasteiger partial charge is 0.365 e. The number of nitrogens with one attached hydrogen (secondary N) is 2. The molecule has 1 aliphatic rings. The molecule has 0 spiro atoms. The van der Waals surface area contributed by atoms with Crippen molar-refractivity contribution in [3.63, 3.8) is 0 Å². The zero-order valence-electron chi connectivity index (χ0n) is 17.4. The van der Waals surface area contributed by atoms with E-state index in [1.807, 2.05) is 13.8 Å². The summed E-state index contributed by atoms with van der Waals surface area (Å²) in [5, 5.41) is 5.67. The van der Waals surface area contributed by atoms with Crippen LogP contribution in [0.15, 0.2) is 12.1 Å². The van der Waals surface area contributed by atoms with E-state index in [4.69, 9.17) is 5.73 Å². The monoisotopic (exact) mass is 422 g/mol. The SMILES string of the molecule is CC[C@H](C)[C@H](NC(C)=O)C(=O)N1CC(C)C(CNC(=O)c2ccc(C(N)=O)s2)C1. The number of rotatable bonds is 8. The first-order valence-electron chi connectivity index (χ1n) is 9.87. The molecule has 1 fully saturated rings. The van der Waals surface area contributed by atoms with E-state index in [-0.39, 0.29) is 35.5 Å². The van der Waals surface area contributed by atoms with Crippen LogP contribution in [-0.2, 0) is 9.59 Å². The fourth-order valence-electron chi connectivity index (χ4n) is 3.48. The van der Waals surface area contributed by atoms with E-state index < -0.39 is 11.9 Å². The van der Waals surface area contributed by atoms with E-state index in [2.05, 4.69) is 17.6 Å². The van der Waals surface area contributed by atoms with Gasteiger partial charge in [0.2, 0.25) is 11.8 Å². The summed E-state index contributed by atoms with van der Waals surface area (Å²) in [4.78, 5) is 50.6. The van der Waals surface area contributed by atoms with E-state index in [1.165, 1.54) is 13.0 Å². The van der Waals surface area contributed by atoms with E-state index in [9.17, 15) is 19.2 Å². The molecule has 0 aromatic carbocycles. The van der Waals surface area contributed by atoms with Crippen molar-refractivity contribution in [3.05, 3.63) is 21.9 Å². The third-order valence-electron chi connectivity index (χ3n) is 5.51. The summed E-state index contributed by atoms with van der Waals surface area (Å²) < 4.78 is 0. The van der Waals surface area contributed by atoms with Crippen LogP contribution in [0.2, 0.25) is 0 Å². The van der Waals surface area contributed by atoms with Gasteiger partial charge in [0.15, 0.2) is 0 Å². The van der Waals surface area contributed by atoms with Gasteiger partial charge in [-0.3, -0.25) is 19.2 Å². The molecule has 9 heteroatoms. The molecule has 2 heterocycles. The highest BCUT2D eigenvalue weighted by Gasteiger charge is 2.37. The van der Waals surface area contributed by atoms with Crippen LogP contribution in [0.25, 0.3) is 0 Å². The predicted molar refractivity (Wildman–Crippen MR) is 111 cm³/mol. The first-order chi connectivity index (χ1) is 13.6. The summed E-state index contributed by atoms with van der Waals surface area (Å²) in [6, 6.07) is 2.59. The van der Waals surface area contributed by atoms with Crippen molar-refractivity contribution >= 4 is 35.0 Å². The summed E-state index contributed by atoms with van der Waals surface area (Å²) in [7, 11) is 0. The van der Waals surface area contributed by atoms with Crippen molar-refractivity contribution in [3.8, 4) is 0 Å². The van der Waals surface area contributed by atoms with Crippen molar-refractivity contribution in [2.45, 2.75) is 40.2 Å². The lowest BCUT2D eigenvalue weighted by molar-refractivity contribution is -0.136. The molecule has 0 bridgehead atoms. The van der Waals surface area contributed by atoms with Gasteiger partial charge in [-0.15, -0.1) is 11.3 Å². The number of carbonyl (C=O) groups is 4. The van der Waals surface area contributed by atoms with Gasteiger partial charge in [0, 0.05) is 26.6 Å². The summed E-state index contributed by atoms with van der Waals surface area (Å²) >= 11 is 1.06. The van der Waals surface area contributed by atoms with Crippen LogP contribution in [0.5, 0.6) is 0 Å². The Morgan fingerprint density at radius 1 is 1.24 bits per heavy atom. The molecular weight excluding hydrogens is 392 g/mol. The van der Waals surface area contributed by atoms with Crippen molar-refractivity contribution < 1.29 is 19.2 Å². The molecule has 4 atom stereocenters. The van der Waals surface area contributed by atoms with E-state index >= 15 is 0 Å². The normalized spacial score (nSPS) is 20.8. The molecule has 1 aromatic rings. The summed E-state index contributed by atoms with van der Waals surface area (Å²) in [5.41, 5.74) is 5.22. The molecule has 29 heavy (non-hydrogen) atoms. The maximum Gasteiger partial charge on any atom is 0.261 e. The number of primary amides is 1. The van der Waals surface area contributed by atoms with Gasteiger partial charge in [-0.1, -0.05) is 27.2 Å². The van der Waals surface area contributed by atoms with Gasteiger partial charge in [0.05, 0.1) is 9.75 Å². The van der Waals surface area contributed by atoms with Crippen LogP contribution in [-0.4, -0.2) is 54.2 Å². The second kappa shape index (κ2) is 9.87. The molecule has 1 aromatic heterocycles. The van der Waals surface area contributed by atoms with Gasteiger partial charge < -0.3 is 21.3 Å². The Bertz CT molecular complexity index is 778. The number of carbonyl (C=O) groups excluding carboxylic acids is 4. The van der Waals surface area contributed by atoms with E-state index in [0.717, 1.165) is 17.8 Å². The molecular formula is C20H30N4O4S. The Kier molecular flexibility index (Phi) is 7.78. The molecule has 2 unspecified atom stereocenters. The molecule has 0 saturated carbocycles. The molecule has 8 nitrogen and oxygen atoms in total. The number of thiophene rings is 1. The molecule has 1 aliphatic heterocycles. The number of amides is 4. The van der Waals surface area contributed by atoms with Gasteiger partial charge in [-0.25, -0.2) is 0 Å². The highest BCUT2D eigenvalue weighted by Crippen LogP contribution is 2.25. The Balaban J connectivity index is 1.95. The van der Waals surface area contributed by atoms with Gasteiger partial charge in [-0.05, 0) is 29.9 Å². The minimum Gasteiger partial charge on any atom is -0.365 e. The molecule has 1 saturated heterocycles. The fraction of sp³-hybridized carbons (Fsp3) is 0.600. The molecule has 0 radical (unpaired) electrons. The van der Waals surface area contributed by atoms with Crippen LogP contribution in [0, 0.1) is 17.8 Å². The standard InChI is InChI=1S/C20H30N4O4S/c1-5-11(2)17(23-13(4)25)20(28)24-9-12(3)14(10-24)8-22-19(27)16-7-6-15(29-16)18(21)26/h6-7,11-12,14,17H,5,8-10H2,1-4H3,(H2,21,26)(H,22,27)(H,23,25)/t11-,12?,14?,17-/m0/s1. The van der Waals surface area contributed by atoms with Gasteiger partial charge in [-0.2, -0.15) is 0 Å². The third kappa shape index (κ3) is 5.79. The van der Waals surface area contributed by atoms with Crippen LogP contribution in [0.1, 0.15) is 53.5 Å². The first kappa shape index (κ1) is 22.9. The Labute approximate surface area is 175 Å². The molecule has 4 amide bonds. The van der Waals surface area contributed by atoms with Crippen molar-refractivity contribution in [1.29, 1.82) is 0 Å². The van der Waals surface area contributed by atoms with Crippen molar-refractivity contribution in [2.75, 3.05) is 19.6 Å². The quantitative estimate of drug-likeness (QED) is 0.583. The summed E-state index contributed by atoms with van der Waals surface area (Å²) in [6.07, 6.45) is 0.785. The second-order valence-electron chi connectivity index (χ2n) is 7.78. The Morgan fingerprint density at radius 3 is 2.45 bits per heavy atom. The number of likely N-dealkylation sites (tertiary alicyclic amines) is 1. The lowest BCUT2D eigenvalue weighted by atomic mass is 9.98. The lowest BCUT2D eigenvalue weighted by Gasteiger charge is -2.28. The fourth-order valence-corrected chi connectivity index (χ4v) is 4.26. The average molecular weight is 423 g/mol. The van der Waals surface area contributed by atoms with E-state index in [1.54, 1.807) is 11.0 Å². The van der Waals surface area contributed by atoms with Crippen LogP contribution < -0.4 is 16.4 Å². The van der Waals surface area contributed by atoms with Crippen LogP contribution in [0.4, 0.5) is 0 Å². The minimum atomic E-state index is -0.553. The highest BCUT2D eigenvalue weighted by atomic mass is 32.1. The average Bonchev–Trinajstić information content (AvgIpc) is 3.30. The maximum atomic E-state index is 13.0. The highest BCUT2D eigenvalue weighted by molar-refractivity contribution is 7.15. The number of nitrogens with zero attached hydrogens (tertiary/aromatic N) is 1. The summed E-state index contributed by atoms with van der Waals surface area (Å²) in [6.45, 7) is 8.98. The summed E-state index contributed by atoms with van der Waals surface area (Å²) in [5.74, 6) is -0.714. The topological polar surface area (TPSA) is 122 Å². The predicted octanol–water partition coefficient (Wildman–Crippen LogP) is 1.22. The lowest BCUT2D eigenvalue weighted by Crippen LogP contribution is -2.50. The van der Waals surface area contributed by atoms with Crippen LogP contribution in [0.3, 0.4) is 0 Å². The van der Waals surface area contributed by atoms with Crippen molar-refractivity contribution in [2.24, 2.45) is 23.5 Å². The smallest absolute Gasteiger partial charge is 0.261 e. The Hall–Kier alpha value is -2.42. The number of nitrogens with two attached hydrogens (primary N) is 1. The number of hydrogen-bond donors (Lipinski definition) is 3. The zero-order chi connectivity index (χ0) is 21.7. The Morgan fingerprint density at radius 2 is 1.90 bits per heavy atom. The first-order valence-corrected chi connectivity index (χ1v) is 10.7. The second-order valence-corrected chi connectivity index (χ2v) is 8.87. The number of hydrogen-bond acceptors (Lipinski definition) is 5. The zero-order valence-corrected chi connectivity index (χ0v) is 18.2. The van der Waals surface area contributed by atoms with E-state index in [0.29, 0.717) is 29.4 Å². The van der Waals surface area contributed by atoms with Crippen molar-refractivity contribution in [1.82, 2.24) is 15.5 Å². The van der Waals surface area contributed by atoms with Gasteiger partial charge in [0.25, 0.3) is 11.8 Å². The molecule has 160 valence electrons.